The number of halogens is 1. The molecule has 28 heavy (non-hydrogen) atoms. The molecule has 1 aromatic heterocycles. The smallest absolute Gasteiger partial charge is 0.212 e. The second-order valence-corrected chi connectivity index (χ2v) is 8.46. The first-order chi connectivity index (χ1) is 13.6. The monoisotopic (exact) mass is 457 g/mol. The maximum Gasteiger partial charge on any atom is 0.212 e. The fourth-order valence-electron chi connectivity index (χ4n) is 2.59. The quantitative estimate of drug-likeness (QED) is 0.343. The van der Waals surface area contributed by atoms with E-state index in [0.29, 0.717) is 0 Å². The highest BCUT2D eigenvalue weighted by Crippen LogP contribution is 2.23. The van der Waals surface area contributed by atoms with Gasteiger partial charge in [0.2, 0.25) is 5.16 Å². The third-order valence-electron chi connectivity index (χ3n) is 4.16. The number of nitrogens with zero attached hydrogens (tertiary/aromatic N) is 5. The Bertz CT molecular complexity index is 917. The van der Waals surface area contributed by atoms with Crippen LogP contribution in [0.25, 0.3) is 0 Å². The molecule has 7 heteroatoms. The molecular formula is C21H24BrN5S. The molecule has 0 unspecified atom stereocenters. The van der Waals surface area contributed by atoms with Crippen LogP contribution < -0.4 is 4.90 Å². The molecule has 0 saturated carbocycles. The van der Waals surface area contributed by atoms with Crippen LogP contribution in [0.15, 0.2) is 63.3 Å². The Morgan fingerprint density at radius 1 is 1.07 bits per heavy atom. The van der Waals surface area contributed by atoms with E-state index < -0.39 is 0 Å². The normalized spacial score (nSPS) is 11.3. The Hall–Kier alpha value is -2.12. The molecule has 146 valence electrons. The lowest BCUT2D eigenvalue weighted by atomic mass is 10.2. The average Bonchev–Trinajstić information content (AvgIpc) is 3.08. The lowest BCUT2D eigenvalue weighted by Gasteiger charge is -2.11. The van der Waals surface area contributed by atoms with E-state index >= 15 is 0 Å². The van der Waals surface area contributed by atoms with Crippen LogP contribution in [0.5, 0.6) is 0 Å². The maximum absolute atomic E-state index is 4.68. The van der Waals surface area contributed by atoms with Crippen LogP contribution in [-0.4, -0.2) is 35.2 Å². The van der Waals surface area contributed by atoms with Gasteiger partial charge >= 0.3 is 0 Å². The van der Waals surface area contributed by atoms with Crippen molar-refractivity contribution in [1.29, 1.82) is 0 Å². The summed E-state index contributed by atoms with van der Waals surface area (Å²) in [4.78, 5) is 2.08. The second kappa shape index (κ2) is 9.89. The van der Waals surface area contributed by atoms with Crippen LogP contribution in [-0.2, 0) is 12.2 Å². The summed E-state index contributed by atoms with van der Waals surface area (Å²) in [6.45, 7) is 2.14. The molecule has 0 bridgehead atoms. The predicted octanol–water partition coefficient (Wildman–Crippen LogP) is 5.23. The van der Waals surface area contributed by atoms with Crippen LogP contribution in [0.1, 0.15) is 30.3 Å². The van der Waals surface area contributed by atoms with Gasteiger partial charge in [0.1, 0.15) is 0 Å². The zero-order valence-electron chi connectivity index (χ0n) is 16.3. The number of anilines is 1. The molecule has 2 aromatic carbocycles. The average molecular weight is 458 g/mol. The minimum atomic E-state index is 0.813. The van der Waals surface area contributed by atoms with Gasteiger partial charge in [0, 0.05) is 36.4 Å². The van der Waals surface area contributed by atoms with E-state index in [2.05, 4.69) is 91.6 Å². The van der Waals surface area contributed by atoms with Crippen LogP contribution in [0, 0.1) is 0 Å². The van der Waals surface area contributed by atoms with Crippen molar-refractivity contribution < 1.29 is 0 Å². The van der Waals surface area contributed by atoms with Crippen molar-refractivity contribution in [3.05, 3.63) is 70.0 Å². The van der Waals surface area contributed by atoms with Crippen molar-refractivity contribution >= 4 is 39.6 Å². The second-order valence-electron chi connectivity index (χ2n) is 6.61. The van der Waals surface area contributed by atoms with Gasteiger partial charge in [-0.1, -0.05) is 58.9 Å². The Balaban J connectivity index is 1.77. The highest BCUT2D eigenvalue weighted by atomic mass is 79.9. The van der Waals surface area contributed by atoms with Gasteiger partial charge in [-0.25, -0.2) is 0 Å². The van der Waals surface area contributed by atoms with Crippen molar-refractivity contribution in [3.63, 3.8) is 0 Å². The standard InChI is InChI=1S/C21H24BrN5S/c1-4-5-20-24-25-21(28-15-17-6-10-18(22)11-7-17)27(20)23-14-16-8-12-19(13-9-16)26(2)3/h6-14H,4-5,15H2,1-3H3/b23-14+. The van der Waals surface area contributed by atoms with Crippen molar-refractivity contribution in [2.75, 3.05) is 19.0 Å². The molecule has 0 atom stereocenters. The summed E-state index contributed by atoms with van der Waals surface area (Å²) < 4.78 is 2.95. The van der Waals surface area contributed by atoms with Crippen molar-refractivity contribution in [3.8, 4) is 0 Å². The molecule has 0 radical (unpaired) electrons. The number of aromatic nitrogens is 3. The summed E-state index contributed by atoms with van der Waals surface area (Å²) >= 11 is 5.12. The third kappa shape index (κ3) is 5.45. The van der Waals surface area contributed by atoms with E-state index in [0.717, 1.165) is 39.6 Å². The van der Waals surface area contributed by atoms with Crippen LogP contribution in [0.2, 0.25) is 0 Å². The molecule has 0 aliphatic heterocycles. The minimum Gasteiger partial charge on any atom is -0.378 e. The van der Waals surface area contributed by atoms with Gasteiger partial charge in [-0.05, 0) is 41.8 Å². The van der Waals surface area contributed by atoms with Crippen molar-refractivity contribution in [2.45, 2.75) is 30.7 Å². The summed E-state index contributed by atoms with van der Waals surface area (Å²) in [6.07, 6.45) is 3.72. The number of hydrogen-bond acceptors (Lipinski definition) is 5. The van der Waals surface area contributed by atoms with E-state index in [1.165, 1.54) is 11.3 Å². The van der Waals surface area contributed by atoms with Crippen LogP contribution in [0.4, 0.5) is 5.69 Å². The van der Waals surface area contributed by atoms with Crippen LogP contribution in [0.3, 0.4) is 0 Å². The van der Waals surface area contributed by atoms with E-state index in [9.17, 15) is 0 Å². The van der Waals surface area contributed by atoms with E-state index in [1.54, 1.807) is 11.8 Å². The van der Waals surface area contributed by atoms with Gasteiger partial charge in [-0.15, -0.1) is 10.2 Å². The molecule has 0 aliphatic rings. The minimum absolute atomic E-state index is 0.813. The molecule has 1 heterocycles. The number of benzene rings is 2. The molecule has 0 fully saturated rings. The molecule has 0 spiro atoms. The first kappa shape index (κ1) is 20.6. The fourth-order valence-corrected chi connectivity index (χ4v) is 3.72. The van der Waals surface area contributed by atoms with Crippen molar-refractivity contribution in [2.24, 2.45) is 5.10 Å². The summed E-state index contributed by atoms with van der Waals surface area (Å²) in [7, 11) is 4.07. The molecule has 3 rings (SSSR count). The summed E-state index contributed by atoms with van der Waals surface area (Å²) in [5.74, 6) is 1.71. The van der Waals surface area contributed by atoms with Gasteiger partial charge in [0.25, 0.3) is 0 Å². The first-order valence-corrected chi connectivity index (χ1v) is 11.0. The number of hydrogen-bond donors (Lipinski definition) is 0. The van der Waals surface area contributed by atoms with Crippen molar-refractivity contribution in [1.82, 2.24) is 14.9 Å². The number of thioether (sulfide) groups is 1. The largest absolute Gasteiger partial charge is 0.378 e. The first-order valence-electron chi connectivity index (χ1n) is 9.20. The Labute approximate surface area is 179 Å². The third-order valence-corrected chi connectivity index (χ3v) is 5.68. The number of rotatable bonds is 8. The maximum atomic E-state index is 4.68. The molecule has 0 saturated heterocycles. The molecule has 3 aromatic rings. The van der Waals surface area contributed by atoms with E-state index in [4.69, 9.17) is 0 Å². The highest BCUT2D eigenvalue weighted by Gasteiger charge is 2.11. The summed E-state index contributed by atoms with van der Waals surface area (Å²) in [6, 6.07) is 16.6. The van der Waals surface area contributed by atoms with Gasteiger partial charge in [-0.3, -0.25) is 0 Å². The highest BCUT2D eigenvalue weighted by molar-refractivity contribution is 9.10. The molecule has 5 nitrogen and oxygen atoms in total. The molecule has 0 N–H and O–H groups in total. The lowest BCUT2D eigenvalue weighted by molar-refractivity contribution is 0.700. The van der Waals surface area contributed by atoms with E-state index in [1.807, 2.05) is 25.0 Å². The summed E-state index contributed by atoms with van der Waals surface area (Å²) in [5.41, 5.74) is 3.45. The van der Waals surface area contributed by atoms with Gasteiger partial charge in [0.15, 0.2) is 5.82 Å². The zero-order valence-corrected chi connectivity index (χ0v) is 18.7. The SMILES string of the molecule is CCCc1nnc(SCc2ccc(Br)cc2)n1/N=C/c1ccc(N(C)C)cc1. The van der Waals surface area contributed by atoms with Gasteiger partial charge < -0.3 is 4.90 Å². The zero-order chi connectivity index (χ0) is 19.9. The number of aryl methyl sites for hydroxylation is 1. The van der Waals surface area contributed by atoms with Crippen LogP contribution >= 0.6 is 27.7 Å². The molecular weight excluding hydrogens is 434 g/mol. The molecule has 0 amide bonds. The van der Waals surface area contributed by atoms with Gasteiger partial charge in [-0.2, -0.15) is 9.78 Å². The fraction of sp³-hybridized carbons (Fsp3) is 0.286. The summed E-state index contributed by atoms with van der Waals surface area (Å²) in [5, 5.41) is 14.2. The lowest BCUT2D eigenvalue weighted by Crippen LogP contribution is -2.08. The predicted molar refractivity (Wildman–Crippen MR) is 121 cm³/mol. The Morgan fingerprint density at radius 2 is 1.79 bits per heavy atom. The molecule has 0 aliphatic carbocycles. The van der Waals surface area contributed by atoms with Gasteiger partial charge in [0.05, 0.1) is 6.21 Å². The Kier molecular flexibility index (Phi) is 7.28. The topological polar surface area (TPSA) is 46.3 Å². The van der Waals surface area contributed by atoms with E-state index in [-0.39, 0.29) is 0 Å². The Morgan fingerprint density at radius 3 is 2.43 bits per heavy atom.